The summed E-state index contributed by atoms with van der Waals surface area (Å²) in [6.45, 7) is 2.87. The predicted molar refractivity (Wildman–Crippen MR) is 198 cm³/mol. The summed E-state index contributed by atoms with van der Waals surface area (Å²) < 4.78 is 40.2. The number of halogens is 2. The maximum absolute atomic E-state index is 14.3. The first-order valence-corrected chi connectivity index (χ1v) is 20.3. The number of hydrogen-bond acceptors (Lipinski definition) is 9. The lowest BCUT2D eigenvalue weighted by molar-refractivity contribution is -0.158. The van der Waals surface area contributed by atoms with Crippen molar-refractivity contribution in [2.24, 2.45) is 5.92 Å². The molecule has 5 fully saturated rings. The van der Waals surface area contributed by atoms with Crippen LogP contribution in [0.5, 0.6) is 0 Å². The number of ether oxygens (including phenoxy) is 2. The van der Waals surface area contributed by atoms with Crippen molar-refractivity contribution >= 4 is 35.5 Å². The molecule has 4 heterocycles. The molecule has 0 bridgehead atoms. The van der Waals surface area contributed by atoms with Crippen molar-refractivity contribution in [2.75, 3.05) is 26.7 Å². The number of likely N-dealkylation sites (N-methyl/N-ethyl adjacent to an activating group) is 1. The van der Waals surface area contributed by atoms with Crippen molar-refractivity contribution in [3.05, 3.63) is 35.4 Å². The Morgan fingerprint density at radius 2 is 1.52 bits per heavy atom. The van der Waals surface area contributed by atoms with E-state index in [4.69, 9.17) is 9.47 Å². The Morgan fingerprint density at radius 3 is 2.21 bits per heavy atom. The highest BCUT2D eigenvalue weighted by molar-refractivity contribution is 5.97. The predicted octanol–water partition coefficient (Wildman–Crippen LogP) is 2.32. The number of carbonyl (C=O) groups excluding carboxylic acids is 6. The lowest BCUT2D eigenvalue weighted by Gasteiger charge is -2.34. The zero-order valence-electron chi connectivity index (χ0n) is 32.6. The monoisotopic (exact) mass is 786 g/mol. The number of benzene rings is 1. The molecule has 1 aromatic carbocycles. The molecule has 0 spiro atoms. The van der Waals surface area contributed by atoms with E-state index in [-0.39, 0.29) is 31.2 Å². The SMILES string of the molecule is C[C@@H]1NC(=O)[C@H](C)N(C)C(=O)[C@@H]2CCCN2C(=O)[C@@H](NC(=O)[C@H](Cc2cc(F)cc(F)c2)NC2OC2CCCC2CCCCC2)COC(=O)[C@@H]2CCCN2C1=O. The summed E-state index contributed by atoms with van der Waals surface area (Å²) in [7, 11) is 1.45. The summed E-state index contributed by atoms with van der Waals surface area (Å²) in [5, 5.41) is 8.56. The largest absolute Gasteiger partial charge is 0.461 e. The lowest BCUT2D eigenvalue weighted by Crippen LogP contribution is -2.60. The summed E-state index contributed by atoms with van der Waals surface area (Å²) >= 11 is 0. The first-order chi connectivity index (χ1) is 26.8. The van der Waals surface area contributed by atoms with E-state index in [1.165, 1.54) is 67.7 Å². The number of cyclic esters (lactones) is 1. The van der Waals surface area contributed by atoms with Gasteiger partial charge in [0.15, 0.2) is 0 Å². The van der Waals surface area contributed by atoms with Gasteiger partial charge in [-0.25, -0.2) is 13.6 Å². The fraction of sp³-hybridized carbons (Fsp3) is 0.700. The Bertz CT molecular complexity index is 1620. The highest BCUT2D eigenvalue weighted by atomic mass is 19.1. The van der Waals surface area contributed by atoms with Gasteiger partial charge >= 0.3 is 5.97 Å². The Balaban J connectivity index is 1.22. The van der Waals surface area contributed by atoms with Crippen molar-refractivity contribution in [1.82, 2.24) is 30.7 Å². The first kappa shape index (κ1) is 41.5. The van der Waals surface area contributed by atoms with Crippen molar-refractivity contribution in [1.29, 1.82) is 0 Å². The van der Waals surface area contributed by atoms with Crippen LogP contribution in [0.1, 0.15) is 96.5 Å². The fourth-order valence-corrected chi connectivity index (χ4v) is 8.70. The van der Waals surface area contributed by atoms with Crippen molar-refractivity contribution < 1.29 is 47.0 Å². The third-order valence-electron chi connectivity index (χ3n) is 12.1. The number of carbonyl (C=O) groups is 6. The number of nitrogens with one attached hydrogen (secondary N) is 3. The molecule has 3 N–H and O–H groups in total. The highest BCUT2D eigenvalue weighted by Gasteiger charge is 2.45. The maximum Gasteiger partial charge on any atom is 0.328 e. The smallest absolute Gasteiger partial charge is 0.328 e. The van der Waals surface area contributed by atoms with Gasteiger partial charge in [0.1, 0.15) is 54.7 Å². The summed E-state index contributed by atoms with van der Waals surface area (Å²) in [5.41, 5.74) is 0.201. The Hall–Kier alpha value is -4.18. The molecule has 8 atom stereocenters. The van der Waals surface area contributed by atoms with Crippen LogP contribution in [0.2, 0.25) is 0 Å². The molecule has 2 unspecified atom stereocenters. The number of esters is 1. The lowest BCUT2D eigenvalue weighted by atomic mass is 9.85. The van der Waals surface area contributed by atoms with Crippen LogP contribution in [0.25, 0.3) is 0 Å². The van der Waals surface area contributed by atoms with Crippen LogP contribution in [-0.2, 0) is 44.7 Å². The molecule has 4 saturated heterocycles. The minimum absolute atomic E-state index is 0.150. The van der Waals surface area contributed by atoms with E-state index in [9.17, 15) is 37.5 Å². The number of epoxide rings is 1. The molecule has 1 aliphatic carbocycles. The van der Waals surface area contributed by atoms with Gasteiger partial charge in [0.25, 0.3) is 0 Å². The van der Waals surface area contributed by atoms with Crippen LogP contribution >= 0.6 is 0 Å². The zero-order chi connectivity index (χ0) is 40.1. The summed E-state index contributed by atoms with van der Waals surface area (Å²) in [6.07, 6.45) is 9.93. The molecule has 4 aliphatic heterocycles. The van der Waals surface area contributed by atoms with Gasteiger partial charge in [-0.1, -0.05) is 44.9 Å². The number of amides is 5. The third kappa shape index (κ3) is 10.0. The molecule has 308 valence electrons. The van der Waals surface area contributed by atoms with Gasteiger partial charge in [-0.3, -0.25) is 29.3 Å². The Kier molecular flexibility index (Phi) is 13.6. The summed E-state index contributed by atoms with van der Waals surface area (Å²) in [6, 6.07) is -3.48. The minimum atomic E-state index is -1.46. The van der Waals surface area contributed by atoms with Gasteiger partial charge in [0, 0.05) is 26.2 Å². The Labute approximate surface area is 326 Å². The standard InChI is InChI=1S/C40H56F2N6O8/c1-23-37(51)48-17-9-14-32(48)40(54)55-22-30(38(52)47-16-8-13-31(47)39(53)46(3)24(2)34(49)43-23)44-35(50)29(20-26-18-27(41)21-28(42)19-26)45-36-33(56-36)15-7-12-25-10-5-4-6-11-25/h18-19,21,23-25,29-33,36,45H,4-17,20,22H2,1-3H3,(H,43,49)(H,44,50)/t23-,24-,29-,30-,31-,32-,33?,36?/m0/s1. The molecule has 6 rings (SSSR count). The Morgan fingerprint density at radius 1 is 0.857 bits per heavy atom. The van der Waals surface area contributed by atoms with Crippen LogP contribution in [0.3, 0.4) is 0 Å². The van der Waals surface area contributed by atoms with Gasteiger partial charge in [-0.05, 0) is 76.0 Å². The molecule has 0 radical (unpaired) electrons. The second-order valence-corrected chi connectivity index (χ2v) is 16.2. The van der Waals surface area contributed by atoms with Crippen LogP contribution in [0, 0.1) is 17.6 Å². The summed E-state index contributed by atoms with van der Waals surface area (Å²) in [5.74, 6) is -4.62. The number of rotatable bonds is 10. The molecular weight excluding hydrogens is 730 g/mol. The molecule has 0 aromatic heterocycles. The van der Waals surface area contributed by atoms with Gasteiger partial charge in [0.2, 0.25) is 29.5 Å². The average Bonchev–Trinajstić information content (AvgIpc) is 3.50. The molecule has 5 amide bonds. The highest BCUT2D eigenvalue weighted by Crippen LogP contribution is 2.31. The fourth-order valence-electron chi connectivity index (χ4n) is 8.70. The molecule has 1 saturated carbocycles. The van der Waals surface area contributed by atoms with E-state index in [1.807, 2.05) is 0 Å². The number of fused-ring (bicyclic) bond motifs is 2. The van der Waals surface area contributed by atoms with Crippen LogP contribution in [-0.4, -0.2) is 126 Å². The van der Waals surface area contributed by atoms with Gasteiger partial charge in [0.05, 0.1) is 12.1 Å². The second-order valence-electron chi connectivity index (χ2n) is 16.2. The quantitative estimate of drug-likeness (QED) is 0.238. The average molecular weight is 787 g/mol. The number of hydrogen-bond donors (Lipinski definition) is 3. The van der Waals surface area contributed by atoms with E-state index >= 15 is 0 Å². The molecular formula is C40H56F2N6O8. The van der Waals surface area contributed by atoms with Gasteiger partial charge < -0.3 is 34.8 Å². The van der Waals surface area contributed by atoms with Crippen molar-refractivity contribution in [3.63, 3.8) is 0 Å². The summed E-state index contributed by atoms with van der Waals surface area (Å²) in [4.78, 5) is 86.4. The minimum Gasteiger partial charge on any atom is -0.461 e. The van der Waals surface area contributed by atoms with Crippen LogP contribution < -0.4 is 16.0 Å². The van der Waals surface area contributed by atoms with Gasteiger partial charge in [-0.15, -0.1) is 0 Å². The zero-order valence-corrected chi connectivity index (χ0v) is 32.6. The van der Waals surface area contributed by atoms with Crippen molar-refractivity contribution in [2.45, 2.75) is 146 Å². The molecule has 1 aromatic rings. The van der Waals surface area contributed by atoms with E-state index in [0.29, 0.717) is 31.6 Å². The van der Waals surface area contributed by atoms with Crippen LogP contribution in [0.4, 0.5) is 8.78 Å². The van der Waals surface area contributed by atoms with Crippen molar-refractivity contribution in [3.8, 4) is 0 Å². The number of nitrogens with zero attached hydrogens (tertiary/aromatic N) is 3. The third-order valence-corrected chi connectivity index (χ3v) is 12.1. The first-order valence-electron chi connectivity index (χ1n) is 20.3. The second kappa shape index (κ2) is 18.4. The van der Waals surface area contributed by atoms with E-state index in [1.54, 1.807) is 0 Å². The maximum atomic E-state index is 14.3. The molecule has 16 heteroatoms. The van der Waals surface area contributed by atoms with E-state index in [2.05, 4.69) is 16.0 Å². The van der Waals surface area contributed by atoms with Crippen LogP contribution in [0.15, 0.2) is 18.2 Å². The molecule has 56 heavy (non-hydrogen) atoms. The van der Waals surface area contributed by atoms with E-state index < -0.39 is 96.2 Å². The normalized spacial score (nSPS) is 30.1. The van der Waals surface area contributed by atoms with E-state index in [0.717, 1.165) is 37.5 Å². The topological polar surface area (TPSA) is 170 Å². The molecule has 14 nitrogen and oxygen atoms in total. The van der Waals surface area contributed by atoms with Gasteiger partial charge in [-0.2, -0.15) is 0 Å². The molecule has 5 aliphatic rings.